The van der Waals surface area contributed by atoms with Gasteiger partial charge < -0.3 is 15.2 Å². The van der Waals surface area contributed by atoms with E-state index in [1.165, 1.54) is 17.2 Å². The van der Waals surface area contributed by atoms with Gasteiger partial charge in [-0.25, -0.2) is 0 Å². The molecule has 2 N–H and O–H groups in total. The van der Waals surface area contributed by atoms with E-state index >= 15 is 0 Å². The molecule has 0 spiro atoms. The molecule has 36 heavy (non-hydrogen) atoms. The number of hydrogen-bond donors (Lipinski definition) is 2. The molecule has 0 unspecified atom stereocenters. The van der Waals surface area contributed by atoms with Gasteiger partial charge in [-0.3, -0.25) is 4.79 Å². The largest absolute Gasteiger partial charge is 0.506 e. The molecule has 0 aromatic heterocycles. The highest BCUT2D eigenvalue weighted by Gasteiger charge is 2.26. The molecule has 0 aliphatic carbocycles. The summed E-state index contributed by atoms with van der Waals surface area (Å²) >= 11 is 6.33. The number of halogens is 1. The highest BCUT2D eigenvalue weighted by molar-refractivity contribution is 6.36. The molecule has 0 aliphatic heterocycles. The number of aromatic hydroxyl groups is 1. The lowest BCUT2D eigenvalue weighted by Crippen LogP contribution is -2.25. The Bertz CT molecular complexity index is 1220. The van der Waals surface area contributed by atoms with Crippen LogP contribution in [0.5, 0.6) is 11.5 Å². The van der Waals surface area contributed by atoms with E-state index in [1.807, 2.05) is 18.2 Å². The molecule has 194 valence electrons. The van der Waals surface area contributed by atoms with E-state index in [-0.39, 0.29) is 28.1 Å². The van der Waals surface area contributed by atoms with Crippen LogP contribution in [-0.2, 0) is 10.8 Å². The Hall–Kier alpha value is -2.72. The van der Waals surface area contributed by atoms with Crippen LogP contribution < -0.4 is 10.1 Å². The van der Waals surface area contributed by atoms with Crippen molar-refractivity contribution in [1.82, 2.24) is 5.32 Å². The van der Waals surface area contributed by atoms with Crippen LogP contribution in [0.25, 0.3) is 10.8 Å². The lowest BCUT2D eigenvalue weighted by Gasteiger charge is -2.30. The third-order valence-electron chi connectivity index (χ3n) is 7.58. The van der Waals surface area contributed by atoms with Crippen molar-refractivity contribution in [3.05, 3.63) is 70.2 Å². The van der Waals surface area contributed by atoms with Crippen molar-refractivity contribution < 1.29 is 14.6 Å². The normalized spacial score (nSPS) is 12.1. The molecule has 3 aromatic carbocycles. The smallest absolute Gasteiger partial charge is 0.255 e. The molecule has 0 aliphatic rings. The van der Waals surface area contributed by atoms with Gasteiger partial charge in [0.05, 0.1) is 12.2 Å². The average Bonchev–Trinajstić information content (AvgIpc) is 2.88. The summed E-state index contributed by atoms with van der Waals surface area (Å²) in [4.78, 5) is 12.7. The minimum Gasteiger partial charge on any atom is -0.506 e. The number of benzene rings is 3. The first-order valence-electron chi connectivity index (χ1n) is 13.0. The minimum absolute atomic E-state index is 0.0201. The molecule has 4 nitrogen and oxygen atoms in total. The van der Waals surface area contributed by atoms with Crippen molar-refractivity contribution in [2.45, 2.75) is 78.1 Å². The molecule has 0 atom stereocenters. The number of amides is 1. The fraction of sp³-hybridized carbons (Fsp3) is 0.452. The van der Waals surface area contributed by atoms with Crippen molar-refractivity contribution in [2.75, 3.05) is 13.2 Å². The molecular weight excluding hydrogens is 470 g/mol. The van der Waals surface area contributed by atoms with Crippen LogP contribution in [0.4, 0.5) is 0 Å². The molecule has 5 heteroatoms. The number of fused-ring (bicyclic) bond motifs is 1. The number of ether oxygens (including phenoxy) is 1. The number of rotatable bonds is 11. The summed E-state index contributed by atoms with van der Waals surface area (Å²) in [6.07, 6.45) is 3.67. The van der Waals surface area contributed by atoms with Crippen LogP contribution in [0.3, 0.4) is 0 Å². The Labute approximate surface area is 221 Å². The Morgan fingerprint density at radius 2 is 1.61 bits per heavy atom. The van der Waals surface area contributed by atoms with E-state index in [1.54, 1.807) is 6.07 Å². The van der Waals surface area contributed by atoms with Gasteiger partial charge in [0, 0.05) is 27.9 Å². The summed E-state index contributed by atoms with van der Waals surface area (Å²) in [6.45, 7) is 14.6. The van der Waals surface area contributed by atoms with Crippen LogP contribution >= 0.6 is 11.6 Å². The Morgan fingerprint density at radius 1 is 0.944 bits per heavy atom. The average molecular weight is 510 g/mol. The van der Waals surface area contributed by atoms with Gasteiger partial charge in [-0.2, -0.15) is 0 Å². The van der Waals surface area contributed by atoms with Gasteiger partial charge in [-0.15, -0.1) is 0 Å². The molecule has 3 aromatic rings. The molecule has 0 heterocycles. The zero-order chi connectivity index (χ0) is 26.5. The fourth-order valence-corrected chi connectivity index (χ4v) is 4.47. The third kappa shape index (κ3) is 6.15. The number of hydrogen-bond acceptors (Lipinski definition) is 3. The topological polar surface area (TPSA) is 58.6 Å². The van der Waals surface area contributed by atoms with Crippen molar-refractivity contribution in [1.29, 1.82) is 0 Å². The van der Waals surface area contributed by atoms with Gasteiger partial charge in [0.25, 0.3) is 5.91 Å². The SMILES string of the molecule is CCC(C)(C)c1ccc(OCCCCNC(=O)c2cc(Cl)c3ccccc3c2O)c(C(C)(C)CC)c1. The number of carbonyl (C=O) groups is 1. The van der Waals surface area contributed by atoms with E-state index in [0.717, 1.165) is 36.8 Å². The molecule has 1 amide bonds. The number of nitrogens with one attached hydrogen (secondary N) is 1. The van der Waals surface area contributed by atoms with Gasteiger partial charge in [0.1, 0.15) is 11.5 Å². The molecule has 0 saturated heterocycles. The maximum Gasteiger partial charge on any atom is 0.255 e. The second kappa shape index (κ2) is 11.6. The quantitative estimate of drug-likeness (QED) is 0.256. The summed E-state index contributed by atoms with van der Waals surface area (Å²) in [5.74, 6) is 0.566. The summed E-state index contributed by atoms with van der Waals surface area (Å²) in [5.41, 5.74) is 2.93. The van der Waals surface area contributed by atoms with Crippen LogP contribution in [0.1, 0.15) is 88.7 Å². The van der Waals surface area contributed by atoms with Crippen LogP contribution in [-0.4, -0.2) is 24.2 Å². The summed E-state index contributed by atoms with van der Waals surface area (Å²) in [5, 5.41) is 15.2. The Morgan fingerprint density at radius 3 is 2.28 bits per heavy atom. The van der Waals surface area contributed by atoms with Gasteiger partial charge in [0.15, 0.2) is 0 Å². The van der Waals surface area contributed by atoms with Gasteiger partial charge in [-0.05, 0) is 54.2 Å². The zero-order valence-electron chi connectivity index (χ0n) is 22.5. The lowest BCUT2D eigenvalue weighted by atomic mass is 9.76. The molecule has 0 bridgehead atoms. The standard InChI is InChI=1S/C31H40ClNO3/c1-7-30(3,4)21-15-16-27(25(19-21)31(5,6)8-2)36-18-12-11-17-33-29(35)24-20-26(32)22-13-9-10-14-23(22)28(24)34/h9-10,13-16,19-20,34H,7-8,11-12,17-18H2,1-6H3,(H,33,35). The maximum absolute atomic E-state index is 12.7. The number of phenols is 1. The molecule has 0 saturated carbocycles. The van der Waals surface area contributed by atoms with Gasteiger partial charge in [-0.1, -0.05) is 89.5 Å². The van der Waals surface area contributed by atoms with Crippen molar-refractivity contribution in [2.24, 2.45) is 0 Å². The fourth-order valence-electron chi connectivity index (χ4n) is 4.20. The molecule has 0 radical (unpaired) electrons. The van der Waals surface area contributed by atoms with E-state index < -0.39 is 0 Å². The van der Waals surface area contributed by atoms with Crippen molar-refractivity contribution >= 4 is 28.3 Å². The van der Waals surface area contributed by atoms with Crippen LogP contribution in [0.15, 0.2) is 48.5 Å². The maximum atomic E-state index is 12.7. The molecule has 0 fully saturated rings. The second-order valence-electron chi connectivity index (χ2n) is 10.8. The van der Waals surface area contributed by atoms with Crippen molar-refractivity contribution in [3.63, 3.8) is 0 Å². The lowest BCUT2D eigenvalue weighted by molar-refractivity contribution is 0.0950. The third-order valence-corrected chi connectivity index (χ3v) is 7.90. The van der Waals surface area contributed by atoms with Gasteiger partial charge >= 0.3 is 0 Å². The summed E-state index contributed by atoms with van der Waals surface area (Å²) in [7, 11) is 0. The first kappa shape index (κ1) is 27.9. The van der Waals surface area contributed by atoms with Crippen LogP contribution in [0, 0.1) is 0 Å². The predicted molar refractivity (Wildman–Crippen MR) is 151 cm³/mol. The van der Waals surface area contributed by atoms with E-state index in [0.29, 0.717) is 23.6 Å². The number of unbranched alkanes of at least 4 members (excludes halogenated alkanes) is 1. The number of phenolic OH excluding ortho intramolecular Hbond substituents is 1. The Kier molecular flexibility index (Phi) is 8.94. The van der Waals surface area contributed by atoms with E-state index in [2.05, 4.69) is 65.1 Å². The van der Waals surface area contributed by atoms with Gasteiger partial charge in [0.2, 0.25) is 0 Å². The highest BCUT2D eigenvalue weighted by atomic mass is 35.5. The summed E-state index contributed by atoms with van der Waals surface area (Å²) in [6, 6.07) is 15.4. The van der Waals surface area contributed by atoms with Crippen molar-refractivity contribution in [3.8, 4) is 11.5 Å². The first-order valence-corrected chi connectivity index (χ1v) is 13.4. The predicted octanol–water partition coefficient (Wildman–Crippen LogP) is 8.16. The monoisotopic (exact) mass is 509 g/mol. The second-order valence-corrected chi connectivity index (χ2v) is 11.2. The number of carbonyl (C=O) groups excluding carboxylic acids is 1. The highest BCUT2D eigenvalue weighted by Crippen LogP contribution is 2.38. The zero-order valence-corrected chi connectivity index (χ0v) is 23.3. The first-order chi connectivity index (χ1) is 17.0. The van der Waals surface area contributed by atoms with Crippen LogP contribution in [0.2, 0.25) is 5.02 Å². The summed E-state index contributed by atoms with van der Waals surface area (Å²) < 4.78 is 6.23. The Balaban J connectivity index is 1.58. The molecule has 3 rings (SSSR count). The van der Waals surface area contributed by atoms with E-state index in [4.69, 9.17) is 16.3 Å². The van der Waals surface area contributed by atoms with E-state index in [9.17, 15) is 9.90 Å². The minimum atomic E-state index is -0.331. The molecular formula is C31H40ClNO3.